The number of hydrogen-bond acceptors (Lipinski definition) is 4. The summed E-state index contributed by atoms with van der Waals surface area (Å²) in [4.78, 5) is 13.3. The van der Waals surface area contributed by atoms with Crippen LogP contribution in [0.2, 0.25) is 0 Å². The van der Waals surface area contributed by atoms with Gasteiger partial charge in [0.15, 0.2) is 0 Å². The minimum Gasteiger partial charge on any atom is -0.469 e. The van der Waals surface area contributed by atoms with Crippen molar-refractivity contribution in [1.82, 2.24) is 4.90 Å². The Balaban J connectivity index is 2.19. The molecule has 0 unspecified atom stereocenters. The molecule has 1 aliphatic heterocycles. The lowest BCUT2D eigenvalue weighted by atomic mass is 9.91. The first-order chi connectivity index (χ1) is 7.90. The van der Waals surface area contributed by atoms with Crippen molar-refractivity contribution in [3.05, 3.63) is 0 Å². The predicted octanol–water partition coefficient (Wildman–Crippen LogP) is 1.42. The fourth-order valence-corrected chi connectivity index (χ4v) is 2.40. The number of likely N-dealkylation sites (tertiary alicyclic amines) is 1. The summed E-state index contributed by atoms with van der Waals surface area (Å²) in [6, 6.07) is 0. The summed E-state index contributed by atoms with van der Waals surface area (Å²) in [7, 11) is 1.44. The Morgan fingerprint density at radius 2 is 2.00 bits per heavy atom. The number of piperidine rings is 1. The summed E-state index contributed by atoms with van der Waals surface area (Å²) in [5, 5.41) is 9.74. The molecule has 0 aromatic carbocycles. The lowest BCUT2D eigenvalue weighted by molar-refractivity contribution is -0.141. The fourth-order valence-electron chi connectivity index (χ4n) is 2.40. The molecule has 0 aromatic heterocycles. The van der Waals surface area contributed by atoms with E-state index < -0.39 is 5.60 Å². The van der Waals surface area contributed by atoms with Crippen LogP contribution in [0, 0.1) is 5.92 Å². The van der Waals surface area contributed by atoms with Crippen LogP contribution in [0.4, 0.5) is 0 Å². The topological polar surface area (TPSA) is 49.8 Å². The zero-order valence-electron chi connectivity index (χ0n) is 11.2. The molecule has 0 bridgehead atoms. The Hall–Kier alpha value is -0.610. The molecule has 100 valence electrons. The van der Waals surface area contributed by atoms with Crippen molar-refractivity contribution in [2.24, 2.45) is 5.92 Å². The number of hydrogen-bond donors (Lipinski definition) is 1. The van der Waals surface area contributed by atoms with Crippen LogP contribution in [-0.4, -0.2) is 48.3 Å². The van der Waals surface area contributed by atoms with E-state index in [9.17, 15) is 9.90 Å². The van der Waals surface area contributed by atoms with Crippen molar-refractivity contribution in [3.8, 4) is 0 Å². The third-order valence-corrected chi connectivity index (χ3v) is 3.30. The third kappa shape index (κ3) is 6.03. The number of esters is 1. The molecule has 1 rings (SSSR count). The number of β-amino-alcohol motifs (C(OH)–C–C–N with tert-alkyl or cyclic N) is 1. The van der Waals surface area contributed by atoms with Gasteiger partial charge < -0.3 is 14.7 Å². The van der Waals surface area contributed by atoms with E-state index in [-0.39, 0.29) is 5.97 Å². The van der Waals surface area contributed by atoms with E-state index in [2.05, 4.69) is 9.64 Å². The van der Waals surface area contributed by atoms with Crippen LogP contribution in [0.3, 0.4) is 0 Å². The third-order valence-electron chi connectivity index (χ3n) is 3.30. The van der Waals surface area contributed by atoms with Gasteiger partial charge in [-0.3, -0.25) is 4.79 Å². The molecule has 1 N–H and O–H groups in total. The molecule has 4 heteroatoms. The minimum atomic E-state index is -0.612. The van der Waals surface area contributed by atoms with E-state index in [4.69, 9.17) is 0 Å². The van der Waals surface area contributed by atoms with Gasteiger partial charge in [0.05, 0.1) is 12.7 Å². The van der Waals surface area contributed by atoms with Gasteiger partial charge in [0.2, 0.25) is 0 Å². The molecule has 4 nitrogen and oxygen atoms in total. The molecule has 17 heavy (non-hydrogen) atoms. The second-order valence-electron chi connectivity index (χ2n) is 5.65. The molecular weight excluding hydrogens is 218 g/mol. The molecule has 1 aliphatic rings. The first-order valence-electron chi connectivity index (χ1n) is 6.42. The first kappa shape index (κ1) is 14.5. The van der Waals surface area contributed by atoms with Crippen LogP contribution in [-0.2, 0) is 9.53 Å². The van der Waals surface area contributed by atoms with E-state index in [1.165, 1.54) is 7.11 Å². The van der Waals surface area contributed by atoms with Crippen LogP contribution in [0.15, 0.2) is 0 Å². The average molecular weight is 243 g/mol. The van der Waals surface area contributed by atoms with Gasteiger partial charge in [-0.25, -0.2) is 0 Å². The van der Waals surface area contributed by atoms with E-state index >= 15 is 0 Å². The second kappa shape index (κ2) is 6.36. The van der Waals surface area contributed by atoms with Crippen LogP contribution in [0.5, 0.6) is 0 Å². The van der Waals surface area contributed by atoms with Gasteiger partial charge in [-0.1, -0.05) is 0 Å². The molecule has 1 saturated heterocycles. The summed E-state index contributed by atoms with van der Waals surface area (Å²) >= 11 is 0. The SMILES string of the molecule is COC(=O)CCC1CCN(CC(C)(C)O)CC1. The Kier molecular flexibility index (Phi) is 5.40. The van der Waals surface area contributed by atoms with Crippen molar-refractivity contribution in [2.75, 3.05) is 26.7 Å². The lowest BCUT2D eigenvalue weighted by Crippen LogP contribution is -2.42. The number of methoxy groups -OCH3 is 1. The quantitative estimate of drug-likeness (QED) is 0.742. The van der Waals surface area contributed by atoms with Gasteiger partial charge in [-0.15, -0.1) is 0 Å². The Morgan fingerprint density at radius 3 is 2.47 bits per heavy atom. The minimum absolute atomic E-state index is 0.107. The van der Waals surface area contributed by atoms with Crippen molar-refractivity contribution in [3.63, 3.8) is 0 Å². The maximum atomic E-state index is 11.0. The molecule has 0 aliphatic carbocycles. The highest BCUT2D eigenvalue weighted by atomic mass is 16.5. The average Bonchev–Trinajstić information content (AvgIpc) is 2.25. The molecule has 0 amide bonds. The van der Waals surface area contributed by atoms with Gasteiger partial charge in [-0.05, 0) is 52.1 Å². The summed E-state index contributed by atoms with van der Waals surface area (Å²) in [6.07, 6.45) is 3.70. The van der Waals surface area contributed by atoms with Gasteiger partial charge >= 0.3 is 5.97 Å². The Bertz CT molecular complexity index is 240. The van der Waals surface area contributed by atoms with Gasteiger partial charge in [0.25, 0.3) is 0 Å². The first-order valence-corrected chi connectivity index (χ1v) is 6.42. The fraction of sp³-hybridized carbons (Fsp3) is 0.923. The maximum absolute atomic E-state index is 11.0. The van der Waals surface area contributed by atoms with Crippen molar-refractivity contribution >= 4 is 5.97 Å². The highest BCUT2D eigenvalue weighted by Crippen LogP contribution is 2.23. The zero-order chi connectivity index (χ0) is 12.9. The number of carbonyl (C=O) groups excluding carboxylic acids is 1. The predicted molar refractivity (Wildman–Crippen MR) is 66.7 cm³/mol. The maximum Gasteiger partial charge on any atom is 0.305 e. The van der Waals surface area contributed by atoms with Gasteiger partial charge in [0, 0.05) is 13.0 Å². The normalized spacial score (nSPS) is 19.3. The highest BCUT2D eigenvalue weighted by Gasteiger charge is 2.24. The monoisotopic (exact) mass is 243 g/mol. The molecular formula is C13H25NO3. The number of ether oxygens (including phenoxy) is 1. The summed E-state index contributed by atoms with van der Waals surface area (Å²) in [5.41, 5.74) is -0.612. The molecule has 0 atom stereocenters. The van der Waals surface area contributed by atoms with Crippen LogP contribution in [0.1, 0.15) is 39.5 Å². The van der Waals surface area contributed by atoms with E-state index in [0.29, 0.717) is 12.3 Å². The van der Waals surface area contributed by atoms with Crippen LogP contribution >= 0.6 is 0 Å². The largest absolute Gasteiger partial charge is 0.469 e. The second-order valence-corrected chi connectivity index (χ2v) is 5.65. The molecule has 1 fully saturated rings. The van der Waals surface area contributed by atoms with E-state index in [0.717, 1.165) is 38.9 Å². The zero-order valence-corrected chi connectivity index (χ0v) is 11.2. The lowest BCUT2D eigenvalue weighted by Gasteiger charge is -2.35. The summed E-state index contributed by atoms with van der Waals surface area (Å²) in [6.45, 7) is 6.47. The van der Waals surface area contributed by atoms with E-state index in [1.807, 2.05) is 13.8 Å². The van der Waals surface area contributed by atoms with Gasteiger partial charge in [0.1, 0.15) is 0 Å². The Morgan fingerprint density at radius 1 is 1.41 bits per heavy atom. The summed E-state index contributed by atoms with van der Waals surface area (Å²) < 4.78 is 4.65. The standard InChI is InChI=1S/C13H25NO3/c1-13(2,16)10-14-8-6-11(7-9-14)4-5-12(15)17-3/h11,16H,4-10H2,1-3H3. The Labute approximate surface area is 104 Å². The highest BCUT2D eigenvalue weighted by molar-refractivity contribution is 5.69. The molecule has 0 saturated carbocycles. The molecule has 0 radical (unpaired) electrons. The van der Waals surface area contributed by atoms with Crippen LogP contribution < -0.4 is 0 Å². The van der Waals surface area contributed by atoms with Crippen LogP contribution in [0.25, 0.3) is 0 Å². The molecule has 1 heterocycles. The van der Waals surface area contributed by atoms with Gasteiger partial charge in [-0.2, -0.15) is 0 Å². The van der Waals surface area contributed by atoms with E-state index in [1.54, 1.807) is 0 Å². The number of carbonyl (C=O) groups is 1. The summed E-state index contributed by atoms with van der Waals surface area (Å²) in [5.74, 6) is 0.524. The van der Waals surface area contributed by atoms with Crippen molar-refractivity contribution in [1.29, 1.82) is 0 Å². The number of nitrogens with zero attached hydrogens (tertiary/aromatic N) is 1. The molecule has 0 spiro atoms. The molecule has 0 aromatic rings. The smallest absolute Gasteiger partial charge is 0.305 e. The van der Waals surface area contributed by atoms with Crippen molar-refractivity contribution in [2.45, 2.75) is 45.1 Å². The number of aliphatic hydroxyl groups is 1. The van der Waals surface area contributed by atoms with Crippen molar-refractivity contribution < 1.29 is 14.6 Å². The number of rotatable bonds is 5.